The van der Waals surface area contributed by atoms with Gasteiger partial charge in [0.05, 0.1) is 19.4 Å². The van der Waals surface area contributed by atoms with Crippen LogP contribution in [0.1, 0.15) is 33.6 Å². The molecule has 0 aromatic rings. The summed E-state index contributed by atoms with van der Waals surface area (Å²) in [5.41, 5.74) is 0.499. The Kier molecular flexibility index (Phi) is 4.89. The van der Waals surface area contributed by atoms with Crippen LogP contribution < -0.4 is 5.32 Å². The largest absolute Gasteiger partial charge is 0.500 e. The maximum absolute atomic E-state index is 11.3. The van der Waals surface area contributed by atoms with Crippen LogP contribution in [-0.4, -0.2) is 24.8 Å². The summed E-state index contributed by atoms with van der Waals surface area (Å²) in [4.78, 5) is 11.3. The second-order valence-corrected chi connectivity index (χ2v) is 4.77. The van der Waals surface area contributed by atoms with Gasteiger partial charge >= 0.3 is 6.09 Å². The zero-order valence-corrected chi connectivity index (χ0v) is 10.6. The predicted octanol–water partition coefficient (Wildman–Crippen LogP) is 2.21. The molecule has 0 aliphatic carbocycles. The molecule has 1 N–H and O–H groups in total. The lowest BCUT2D eigenvalue weighted by atomic mass is 10.1. The molecule has 0 aromatic carbocycles. The van der Waals surface area contributed by atoms with Gasteiger partial charge in [-0.2, -0.15) is 0 Å². The van der Waals surface area contributed by atoms with E-state index in [0.29, 0.717) is 0 Å². The van der Waals surface area contributed by atoms with E-state index in [0.717, 1.165) is 25.0 Å². The molecule has 0 atom stereocenters. The lowest BCUT2D eigenvalue weighted by molar-refractivity contribution is 0.0535. The number of nitrogens with one attached hydrogen (secondary N) is 1. The Morgan fingerprint density at radius 2 is 2.35 bits per heavy atom. The molecule has 1 aliphatic rings. The molecular formula is C13H19NO3. The molecule has 0 unspecified atom stereocenters. The van der Waals surface area contributed by atoms with Gasteiger partial charge in [0.1, 0.15) is 5.60 Å². The van der Waals surface area contributed by atoms with Crippen LogP contribution in [0.3, 0.4) is 0 Å². The Bertz CT molecular complexity index is 355. The van der Waals surface area contributed by atoms with Gasteiger partial charge in [0.25, 0.3) is 0 Å². The molecule has 4 nitrogen and oxygen atoms in total. The quantitative estimate of drug-likeness (QED) is 0.711. The molecule has 1 amide bonds. The van der Waals surface area contributed by atoms with E-state index < -0.39 is 11.7 Å². The highest BCUT2D eigenvalue weighted by molar-refractivity contribution is 5.68. The third-order valence-electron chi connectivity index (χ3n) is 1.90. The van der Waals surface area contributed by atoms with Gasteiger partial charge in [-0.1, -0.05) is 11.8 Å². The predicted molar refractivity (Wildman–Crippen MR) is 65.3 cm³/mol. The van der Waals surface area contributed by atoms with Gasteiger partial charge in [-0.3, -0.25) is 0 Å². The van der Waals surface area contributed by atoms with Crippen LogP contribution in [0.2, 0.25) is 0 Å². The zero-order chi connectivity index (χ0) is 12.7. The Balaban J connectivity index is 2.25. The summed E-state index contributed by atoms with van der Waals surface area (Å²) in [7, 11) is 0. The highest BCUT2D eigenvalue weighted by Gasteiger charge is 2.14. The van der Waals surface area contributed by atoms with Crippen molar-refractivity contribution in [2.24, 2.45) is 0 Å². The molecule has 1 rings (SSSR count). The Morgan fingerprint density at radius 1 is 1.59 bits per heavy atom. The van der Waals surface area contributed by atoms with Crippen LogP contribution in [0.15, 0.2) is 11.8 Å². The number of allylic oxidation sites excluding steroid dienone is 1. The fourth-order valence-corrected chi connectivity index (χ4v) is 1.24. The van der Waals surface area contributed by atoms with Crippen LogP contribution in [0.5, 0.6) is 0 Å². The minimum absolute atomic E-state index is 0.284. The second kappa shape index (κ2) is 6.19. The van der Waals surface area contributed by atoms with Crippen LogP contribution in [0.4, 0.5) is 4.79 Å². The molecule has 0 fully saturated rings. The molecule has 17 heavy (non-hydrogen) atoms. The lowest BCUT2D eigenvalue weighted by Crippen LogP contribution is -2.32. The standard InChI is InChI=1S/C13H19NO3/c1-13(2,3)17-12(15)14-8-4-6-11-7-5-9-16-10-11/h10H,5,7-9H2,1-3H3,(H,14,15). The van der Waals surface area contributed by atoms with E-state index >= 15 is 0 Å². The summed E-state index contributed by atoms with van der Waals surface area (Å²) in [5, 5.41) is 2.58. The van der Waals surface area contributed by atoms with Crippen molar-refractivity contribution in [3.05, 3.63) is 11.8 Å². The van der Waals surface area contributed by atoms with E-state index in [2.05, 4.69) is 17.2 Å². The molecule has 0 aromatic heterocycles. The van der Waals surface area contributed by atoms with E-state index in [-0.39, 0.29) is 6.54 Å². The van der Waals surface area contributed by atoms with Crippen molar-refractivity contribution in [3.63, 3.8) is 0 Å². The van der Waals surface area contributed by atoms with Crippen molar-refractivity contribution < 1.29 is 14.3 Å². The third-order valence-corrected chi connectivity index (χ3v) is 1.90. The molecule has 0 saturated carbocycles. The van der Waals surface area contributed by atoms with Crippen molar-refractivity contribution in [2.45, 2.75) is 39.2 Å². The lowest BCUT2D eigenvalue weighted by Gasteiger charge is -2.19. The number of ether oxygens (including phenoxy) is 2. The summed E-state index contributed by atoms with van der Waals surface area (Å²) in [6.45, 7) is 6.51. The van der Waals surface area contributed by atoms with Crippen molar-refractivity contribution in [3.8, 4) is 11.8 Å². The number of alkyl carbamates (subject to hydrolysis) is 1. The summed E-state index contributed by atoms with van der Waals surface area (Å²) >= 11 is 0. The molecule has 4 heteroatoms. The molecule has 1 heterocycles. The molecule has 1 aliphatic heterocycles. The monoisotopic (exact) mass is 237 g/mol. The number of hydrogen-bond donors (Lipinski definition) is 1. The highest BCUT2D eigenvalue weighted by atomic mass is 16.6. The van der Waals surface area contributed by atoms with Gasteiger partial charge in [0.2, 0.25) is 0 Å². The topological polar surface area (TPSA) is 47.6 Å². The van der Waals surface area contributed by atoms with E-state index in [4.69, 9.17) is 9.47 Å². The smallest absolute Gasteiger partial charge is 0.408 e. The summed E-state index contributed by atoms with van der Waals surface area (Å²) in [6, 6.07) is 0. The molecule has 0 saturated heterocycles. The first-order chi connectivity index (χ1) is 7.97. The van der Waals surface area contributed by atoms with Gasteiger partial charge < -0.3 is 14.8 Å². The number of hydrogen-bond acceptors (Lipinski definition) is 3. The minimum Gasteiger partial charge on any atom is -0.500 e. The number of rotatable bonds is 1. The maximum Gasteiger partial charge on any atom is 0.408 e. The zero-order valence-electron chi connectivity index (χ0n) is 10.6. The SMILES string of the molecule is CC(C)(C)OC(=O)NCC#CC1=COCCC1. The molecule has 94 valence electrons. The highest BCUT2D eigenvalue weighted by Crippen LogP contribution is 2.09. The number of carbonyl (C=O) groups excluding carboxylic acids is 1. The van der Waals surface area contributed by atoms with Gasteiger partial charge in [-0.15, -0.1) is 0 Å². The van der Waals surface area contributed by atoms with Gasteiger partial charge in [0.15, 0.2) is 0 Å². The third kappa shape index (κ3) is 6.52. The summed E-state index contributed by atoms with van der Waals surface area (Å²) < 4.78 is 10.2. The van der Waals surface area contributed by atoms with Crippen LogP contribution in [-0.2, 0) is 9.47 Å². The second-order valence-electron chi connectivity index (χ2n) is 4.77. The van der Waals surface area contributed by atoms with Crippen molar-refractivity contribution in [1.82, 2.24) is 5.32 Å². The van der Waals surface area contributed by atoms with Crippen LogP contribution >= 0.6 is 0 Å². The minimum atomic E-state index is -0.475. The first kappa shape index (κ1) is 13.4. The molecule has 0 spiro atoms. The average Bonchev–Trinajstić information content (AvgIpc) is 2.23. The Hall–Kier alpha value is -1.63. The van der Waals surface area contributed by atoms with E-state index in [1.54, 1.807) is 6.26 Å². The normalized spacial score (nSPS) is 14.9. The van der Waals surface area contributed by atoms with E-state index in [1.165, 1.54) is 0 Å². The molecule has 0 radical (unpaired) electrons. The first-order valence-electron chi connectivity index (χ1n) is 5.74. The van der Waals surface area contributed by atoms with Crippen molar-refractivity contribution >= 4 is 6.09 Å². The Morgan fingerprint density at radius 3 is 2.94 bits per heavy atom. The summed E-state index contributed by atoms with van der Waals surface area (Å²) in [5.74, 6) is 5.82. The fourth-order valence-electron chi connectivity index (χ4n) is 1.24. The van der Waals surface area contributed by atoms with E-state index in [1.807, 2.05) is 20.8 Å². The number of carbonyl (C=O) groups is 1. The van der Waals surface area contributed by atoms with E-state index in [9.17, 15) is 4.79 Å². The van der Waals surface area contributed by atoms with Gasteiger partial charge in [-0.25, -0.2) is 4.79 Å². The van der Waals surface area contributed by atoms with Crippen molar-refractivity contribution in [1.29, 1.82) is 0 Å². The average molecular weight is 237 g/mol. The van der Waals surface area contributed by atoms with Gasteiger partial charge in [-0.05, 0) is 33.6 Å². The summed E-state index contributed by atoms with van der Waals surface area (Å²) in [6.07, 6.45) is 3.18. The van der Waals surface area contributed by atoms with Crippen LogP contribution in [0, 0.1) is 11.8 Å². The maximum atomic E-state index is 11.3. The van der Waals surface area contributed by atoms with Gasteiger partial charge in [0, 0.05) is 5.57 Å². The molecular weight excluding hydrogens is 218 g/mol. The molecule has 0 bridgehead atoms. The number of amides is 1. The first-order valence-corrected chi connectivity index (χ1v) is 5.74. The Labute approximate surface area is 102 Å². The van der Waals surface area contributed by atoms with Crippen molar-refractivity contribution in [2.75, 3.05) is 13.2 Å². The van der Waals surface area contributed by atoms with Crippen LogP contribution in [0.25, 0.3) is 0 Å². The fraction of sp³-hybridized carbons (Fsp3) is 0.615.